The molecule has 8 heteroatoms. The summed E-state index contributed by atoms with van der Waals surface area (Å²) >= 11 is 0. The van der Waals surface area contributed by atoms with Crippen molar-refractivity contribution >= 4 is 23.8 Å². The van der Waals surface area contributed by atoms with Crippen LogP contribution < -0.4 is 10.6 Å². The van der Waals surface area contributed by atoms with Crippen molar-refractivity contribution in [2.45, 2.75) is 45.7 Å². The zero-order valence-corrected chi connectivity index (χ0v) is 16.5. The molecule has 0 bridgehead atoms. The zero-order chi connectivity index (χ0) is 20.7. The largest absolute Gasteiger partial charge is 0.454 e. The minimum atomic E-state index is -1.02. The molecule has 1 aromatic rings. The van der Waals surface area contributed by atoms with Crippen LogP contribution in [-0.2, 0) is 25.7 Å². The Hall–Kier alpha value is -2.90. The van der Waals surface area contributed by atoms with Gasteiger partial charge in [-0.15, -0.1) is 0 Å². The lowest BCUT2D eigenvalue weighted by atomic mass is 9.92. The fraction of sp³-hybridized carbons (Fsp3) is 0.500. The molecule has 1 aromatic carbocycles. The number of nitrogens with one attached hydrogen (secondary N) is 2. The van der Waals surface area contributed by atoms with Crippen molar-refractivity contribution in [2.24, 2.45) is 5.92 Å². The minimum absolute atomic E-state index is 0.318. The van der Waals surface area contributed by atoms with E-state index in [2.05, 4.69) is 10.6 Å². The van der Waals surface area contributed by atoms with E-state index in [4.69, 9.17) is 4.74 Å². The first kappa shape index (κ1) is 21.4. The first-order valence-electron chi connectivity index (χ1n) is 9.31. The number of carbonyl (C=O) groups is 4. The predicted octanol–water partition coefficient (Wildman–Crippen LogP) is 1.59. The number of ether oxygens (including phenoxy) is 1. The zero-order valence-electron chi connectivity index (χ0n) is 16.5. The molecule has 2 N–H and O–H groups in total. The molecule has 1 fully saturated rings. The van der Waals surface area contributed by atoms with Crippen molar-refractivity contribution in [2.75, 3.05) is 13.2 Å². The van der Waals surface area contributed by atoms with Crippen molar-refractivity contribution in [1.29, 1.82) is 0 Å². The molecule has 28 heavy (non-hydrogen) atoms. The average molecular weight is 389 g/mol. The van der Waals surface area contributed by atoms with Gasteiger partial charge in [-0.05, 0) is 31.2 Å². The van der Waals surface area contributed by atoms with Gasteiger partial charge >= 0.3 is 12.0 Å². The van der Waals surface area contributed by atoms with E-state index in [0.29, 0.717) is 18.9 Å². The number of carbonyl (C=O) groups excluding carboxylic acids is 4. The summed E-state index contributed by atoms with van der Waals surface area (Å²) in [5.74, 6) is -1.35. The maximum absolute atomic E-state index is 12.5. The van der Waals surface area contributed by atoms with E-state index in [-0.39, 0.29) is 0 Å². The number of esters is 1. The van der Waals surface area contributed by atoms with Crippen LogP contribution in [0, 0.1) is 5.92 Å². The molecule has 1 aliphatic heterocycles. The Morgan fingerprint density at radius 1 is 1.21 bits per heavy atom. The van der Waals surface area contributed by atoms with Gasteiger partial charge in [0.15, 0.2) is 6.61 Å². The van der Waals surface area contributed by atoms with E-state index in [1.807, 2.05) is 44.2 Å². The van der Waals surface area contributed by atoms with E-state index >= 15 is 0 Å². The summed E-state index contributed by atoms with van der Waals surface area (Å²) in [6.07, 6.45) is 1.26. The van der Waals surface area contributed by atoms with Gasteiger partial charge in [0.2, 0.25) is 0 Å². The van der Waals surface area contributed by atoms with Crippen molar-refractivity contribution in [3.8, 4) is 0 Å². The second-order valence-electron chi connectivity index (χ2n) is 7.51. The van der Waals surface area contributed by atoms with Crippen LogP contribution in [0.3, 0.4) is 0 Å². The van der Waals surface area contributed by atoms with Crippen LogP contribution in [0.2, 0.25) is 0 Å². The number of hydrogen-bond acceptors (Lipinski definition) is 5. The van der Waals surface area contributed by atoms with Crippen molar-refractivity contribution in [3.63, 3.8) is 0 Å². The highest BCUT2D eigenvalue weighted by atomic mass is 16.5. The minimum Gasteiger partial charge on any atom is -0.454 e. The number of urea groups is 1. The van der Waals surface area contributed by atoms with E-state index in [1.54, 1.807) is 6.92 Å². The van der Waals surface area contributed by atoms with Gasteiger partial charge in [-0.25, -0.2) is 4.79 Å². The highest BCUT2D eigenvalue weighted by Crippen LogP contribution is 2.24. The molecular weight excluding hydrogens is 362 g/mol. The molecule has 1 heterocycles. The summed E-state index contributed by atoms with van der Waals surface area (Å²) in [5.41, 5.74) is -0.100. The van der Waals surface area contributed by atoms with Crippen LogP contribution >= 0.6 is 0 Å². The molecule has 0 spiro atoms. The van der Waals surface area contributed by atoms with E-state index in [1.165, 1.54) is 0 Å². The molecule has 1 aliphatic rings. The van der Waals surface area contributed by atoms with Gasteiger partial charge in [0.1, 0.15) is 12.1 Å². The van der Waals surface area contributed by atoms with Gasteiger partial charge < -0.3 is 15.4 Å². The Morgan fingerprint density at radius 3 is 2.54 bits per heavy atom. The number of imide groups is 1. The van der Waals surface area contributed by atoms with Crippen LogP contribution in [0.4, 0.5) is 4.79 Å². The first-order valence-corrected chi connectivity index (χ1v) is 9.31. The highest BCUT2D eigenvalue weighted by Gasteiger charge is 2.48. The first-order chi connectivity index (χ1) is 13.2. The normalized spacial score (nSPS) is 18.9. The third-order valence-electron chi connectivity index (χ3n) is 4.55. The number of nitrogens with zero attached hydrogens (tertiary/aromatic N) is 1. The van der Waals surface area contributed by atoms with Crippen molar-refractivity contribution in [3.05, 3.63) is 35.9 Å². The average Bonchev–Trinajstić information content (AvgIpc) is 2.87. The van der Waals surface area contributed by atoms with Gasteiger partial charge in [0, 0.05) is 6.54 Å². The maximum Gasteiger partial charge on any atom is 0.326 e. The molecule has 0 aromatic heterocycles. The summed E-state index contributed by atoms with van der Waals surface area (Å²) < 4.78 is 4.89. The number of hydrogen-bond donors (Lipinski definition) is 2. The van der Waals surface area contributed by atoms with Crippen molar-refractivity contribution < 1.29 is 23.9 Å². The predicted molar refractivity (Wildman–Crippen MR) is 102 cm³/mol. The molecule has 152 valence electrons. The molecule has 4 amide bonds. The summed E-state index contributed by atoms with van der Waals surface area (Å²) in [7, 11) is 0. The summed E-state index contributed by atoms with van der Waals surface area (Å²) in [6.45, 7) is 5.04. The lowest BCUT2D eigenvalue weighted by Gasteiger charge is -2.22. The summed E-state index contributed by atoms with van der Waals surface area (Å²) in [5, 5.41) is 5.27. The quantitative estimate of drug-likeness (QED) is 0.493. The van der Waals surface area contributed by atoms with Gasteiger partial charge in [-0.2, -0.15) is 0 Å². The fourth-order valence-corrected chi connectivity index (χ4v) is 2.81. The Kier molecular flexibility index (Phi) is 7.14. The molecular formula is C20H27N3O5. The molecule has 0 saturated carbocycles. The molecule has 0 aliphatic carbocycles. The van der Waals surface area contributed by atoms with Crippen LogP contribution in [0.25, 0.3) is 0 Å². The number of rotatable bonds is 9. The fourth-order valence-electron chi connectivity index (χ4n) is 2.81. The van der Waals surface area contributed by atoms with Crippen LogP contribution in [0.1, 0.15) is 39.2 Å². The van der Waals surface area contributed by atoms with Gasteiger partial charge in [0.05, 0.1) is 0 Å². The molecule has 8 nitrogen and oxygen atoms in total. The topological polar surface area (TPSA) is 105 Å². The van der Waals surface area contributed by atoms with E-state index < -0.39 is 42.5 Å². The summed E-state index contributed by atoms with van der Waals surface area (Å²) in [4.78, 5) is 49.2. The lowest BCUT2D eigenvalue weighted by molar-refractivity contribution is -0.151. The third-order valence-corrected chi connectivity index (χ3v) is 4.55. The standard InChI is InChI=1S/C20H27N3O5/c1-14(2)9-10-20(3)18(26)23(19(27)22-20)12-17(25)28-13-16(24)21-11-15-7-5-4-6-8-15/h4-8,14H,9-13H2,1-3H3,(H,21,24)(H,22,27)/t20-/m1/s1. The van der Waals surface area contributed by atoms with Crippen LogP contribution in [0.5, 0.6) is 0 Å². The number of benzene rings is 1. The Morgan fingerprint density at radius 2 is 1.89 bits per heavy atom. The second-order valence-corrected chi connectivity index (χ2v) is 7.51. The molecule has 2 rings (SSSR count). The highest BCUT2D eigenvalue weighted by molar-refractivity contribution is 6.08. The van der Waals surface area contributed by atoms with Crippen molar-refractivity contribution in [1.82, 2.24) is 15.5 Å². The van der Waals surface area contributed by atoms with E-state index in [9.17, 15) is 19.2 Å². The lowest BCUT2D eigenvalue weighted by Crippen LogP contribution is -2.44. The van der Waals surface area contributed by atoms with Crippen LogP contribution in [-0.4, -0.2) is 47.4 Å². The van der Waals surface area contributed by atoms with Gasteiger partial charge in [0.25, 0.3) is 11.8 Å². The maximum atomic E-state index is 12.5. The molecule has 1 atom stereocenters. The Labute approximate surface area is 164 Å². The third kappa shape index (κ3) is 5.80. The SMILES string of the molecule is CC(C)CC[C@@]1(C)NC(=O)N(CC(=O)OCC(=O)NCc2ccccc2)C1=O. The van der Waals surface area contributed by atoms with Crippen LogP contribution in [0.15, 0.2) is 30.3 Å². The Bertz CT molecular complexity index is 735. The molecule has 0 unspecified atom stereocenters. The second kappa shape index (κ2) is 9.34. The smallest absolute Gasteiger partial charge is 0.326 e. The molecule has 1 saturated heterocycles. The Balaban J connectivity index is 1.78. The number of amides is 4. The molecule has 0 radical (unpaired) electrons. The van der Waals surface area contributed by atoms with Gasteiger partial charge in [-0.3, -0.25) is 19.3 Å². The monoisotopic (exact) mass is 389 g/mol. The van der Waals surface area contributed by atoms with Gasteiger partial charge in [-0.1, -0.05) is 44.2 Å². The summed E-state index contributed by atoms with van der Waals surface area (Å²) in [6, 6.07) is 8.68. The van der Waals surface area contributed by atoms with E-state index in [0.717, 1.165) is 16.9 Å².